The van der Waals surface area contributed by atoms with Gasteiger partial charge in [-0.05, 0) is 18.6 Å². The largest absolute Gasteiger partial charge is 0.480 e. The first-order valence-electron chi connectivity index (χ1n) is 6.45. The van der Waals surface area contributed by atoms with Crippen molar-refractivity contribution in [3.8, 4) is 0 Å². The van der Waals surface area contributed by atoms with Gasteiger partial charge >= 0.3 is 12.1 Å². The molecule has 0 bridgehead atoms. The first-order chi connectivity index (χ1) is 9.91. The van der Waals surface area contributed by atoms with Crippen molar-refractivity contribution in [2.75, 3.05) is 11.4 Å². The Labute approximate surface area is 121 Å². The van der Waals surface area contributed by atoms with E-state index >= 15 is 0 Å². The van der Waals surface area contributed by atoms with Crippen molar-refractivity contribution in [3.63, 3.8) is 0 Å². The summed E-state index contributed by atoms with van der Waals surface area (Å²) in [5.74, 6) is -0.654. The number of amides is 1. The van der Waals surface area contributed by atoms with Crippen LogP contribution in [0, 0.1) is 0 Å². The van der Waals surface area contributed by atoms with Crippen molar-refractivity contribution in [2.45, 2.75) is 12.5 Å². The van der Waals surface area contributed by atoms with Gasteiger partial charge in [0.1, 0.15) is 11.9 Å². The molecule has 0 saturated carbocycles. The number of aliphatic carboxylic acids is 1. The van der Waals surface area contributed by atoms with E-state index in [2.05, 4.69) is 0 Å². The van der Waals surface area contributed by atoms with Gasteiger partial charge in [-0.2, -0.15) is 0 Å². The molecule has 2 aromatic rings. The van der Waals surface area contributed by atoms with Crippen molar-refractivity contribution < 1.29 is 19.8 Å². The Morgan fingerprint density at radius 3 is 2.57 bits per heavy atom. The first-order valence-corrected chi connectivity index (χ1v) is 6.45. The third kappa shape index (κ3) is 2.97. The molecule has 0 aliphatic rings. The molecular weight excluding hydrogens is 274 g/mol. The smallest absolute Gasteiger partial charge is 0.412 e. The number of rotatable bonds is 5. The maximum atomic E-state index is 11.4. The number of para-hydroxylation sites is 1. The van der Waals surface area contributed by atoms with Crippen LogP contribution in [0.4, 0.5) is 10.6 Å². The predicted octanol–water partition coefficient (Wildman–Crippen LogP) is 1.46. The molecule has 0 spiro atoms. The highest BCUT2D eigenvalue weighted by atomic mass is 16.4. The van der Waals surface area contributed by atoms with Crippen LogP contribution < -0.4 is 10.6 Å². The molecule has 0 saturated heterocycles. The molecule has 2 rings (SSSR count). The van der Waals surface area contributed by atoms with E-state index in [1.807, 2.05) is 24.3 Å². The van der Waals surface area contributed by atoms with E-state index in [0.29, 0.717) is 5.82 Å². The molecule has 0 aliphatic heterocycles. The quantitative estimate of drug-likeness (QED) is 0.772. The summed E-state index contributed by atoms with van der Waals surface area (Å²) in [5, 5.41) is 19.0. The van der Waals surface area contributed by atoms with E-state index in [9.17, 15) is 14.7 Å². The number of aromatic nitrogens is 1. The van der Waals surface area contributed by atoms with Crippen LogP contribution in [0.15, 0.2) is 30.3 Å². The average molecular weight is 291 g/mol. The Morgan fingerprint density at radius 2 is 2.00 bits per heavy atom. The minimum Gasteiger partial charge on any atom is -0.480 e. The molecule has 1 heterocycles. The van der Waals surface area contributed by atoms with E-state index in [1.165, 1.54) is 0 Å². The van der Waals surface area contributed by atoms with Crippen LogP contribution in [0.1, 0.15) is 6.42 Å². The van der Waals surface area contributed by atoms with Crippen LogP contribution in [-0.4, -0.2) is 39.4 Å². The van der Waals surface area contributed by atoms with Gasteiger partial charge in [-0.3, -0.25) is 9.69 Å². The molecule has 1 atom stereocenters. The molecule has 112 valence electrons. The highest BCUT2D eigenvalue weighted by Crippen LogP contribution is 2.25. The number of hydrogen-bond acceptors (Lipinski definition) is 3. The molecule has 0 aliphatic carbocycles. The number of carboxylic acids is 1. The topological polar surface area (TPSA) is 109 Å². The number of fused-ring (bicyclic) bond motifs is 1. The van der Waals surface area contributed by atoms with Gasteiger partial charge in [-0.25, -0.2) is 4.79 Å². The minimum atomic E-state index is -1.14. The normalized spacial score (nSPS) is 12.3. The summed E-state index contributed by atoms with van der Waals surface area (Å²) in [6.45, 7) is 0.0208. The lowest BCUT2D eigenvalue weighted by molar-refractivity contribution is -0.138. The van der Waals surface area contributed by atoms with Gasteiger partial charge in [0, 0.05) is 24.5 Å². The maximum absolute atomic E-state index is 11.4. The van der Waals surface area contributed by atoms with E-state index in [4.69, 9.17) is 10.8 Å². The highest BCUT2D eigenvalue weighted by Gasteiger charge is 2.21. The van der Waals surface area contributed by atoms with Crippen LogP contribution in [0.3, 0.4) is 0 Å². The Balaban J connectivity index is 2.30. The number of carbonyl (C=O) groups is 2. The van der Waals surface area contributed by atoms with Gasteiger partial charge in [0.25, 0.3) is 0 Å². The Kier molecular flexibility index (Phi) is 4.13. The SMILES string of the molecule is Cn1c(N(CCC(N)C(=O)O)C(=O)O)cc2ccccc21. The van der Waals surface area contributed by atoms with Gasteiger partial charge in [-0.15, -0.1) is 0 Å². The zero-order chi connectivity index (χ0) is 15.6. The molecular formula is C14H17N3O4. The lowest BCUT2D eigenvalue weighted by atomic mass is 10.2. The fourth-order valence-electron chi connectivity index (χ4n) is 2.23. The molecule has 4 N–H and O–H groups in total. The fraction of sp³-hybridized carbons (Fsp3) is 0.286. The van der Waals surface area contributed by atoms with Crippen molar-refractivity contribution in [3.05, 3.63) is 30.3 Å². The van der Waals surface area contributed by atoms with Crippen LogP contribution in [0.2, 0.25) is 0 Å². The number of benzene rings is 1. The Morgan fingerprint density at radius 1 is 1.33 bits per heavy atom. The summed E-state index contributed by atoms with van der Waals surface area (Å²) in [6, 6.07) is 8.20. The van der Waals surface area contributed by atoms with Crippen LogP contribution in [-0.2, 0) is 11.8 Å². The van der Waals surface area contributed by atoms with E-state index in [1.54, 1.807) is 17.7 Å². The van der Waals surface area contributed by atoms with Gasteiger partial charge in [0.05, 0.1) is 0 Å². The molecule has 0 fully saturated rings. The number of nitrogens with zero attached hydrogens (tertiary/aromatic N) is 2. The highest BCUT2D eigenvalue weighted by molar-refractivity contribution is 5.92. The summed E-state index contributed by atoms with van der Waals surface area (Å²) in [7, 11) is 1.77. The standard InChI is InChI=1S/C14H17N3O4/c1-16-11-5-3-2-4-9(11)8-12(16)17(14(20)21)7-6-10(15)13(18)19/h2-5,8,10H,6-7,15H2,1H3,(H,18,19)(H,20,21). The molecule has 7 nitrogen and oxygen atoms in total. The third-order valence-electron chi connectivity index (χ3n) is 3.41. The second kappa shape index (κ2) is 5.84. The number of aryl methyl sites for hydroxylation is 1. The first kappa shape index (κ1) is 14.9. The number of hydrogen-bond donors (Lipinski definition) is 3. The Bertz CT molecular complexity index is 680. The van der Waals surface area contributed by atoms with Crippen molar-refractivity contribution >= 4 is 28.8 Å². The summed E-state index contributed by atoms with van der Waals surface area (Å²) < 4.78 is 1.76. The van der Waals surface area contributed by atoms with Crippen molar-refractivity contribution in [1.29, 1.82) is 0 Å². The Hall–Kier alpha value is -2.54. The van der Waals surface area contributed by atoms with Crippen molar-refractivity contribution in [1.82, 2.24) is 4.57 Å². The number of anilines is 1. The lowest BCUT2D eigenvalue weighted by Crippen LogP contribution is -2.38. The molecule has 21 heavy (non-hydrogen) atoms. The second-order valence-electron chi connectivity index (χ2n) is 4.79. The zero-order valence-corrected chi connectivity index (χ0v) is 11.6. The van der Waals surface area contributed by atoms with Crippen LogP contribution >= 0.6 is 0 Å². The van der Waals surface area contributed by atoms with Gasteiger partial charge in [0.15, 0.2) is 0 Å². The van der Waals surface area contributed by atoms with Gasteiger partial charge in [-0.1, -0.05) is 18.2 Å². The summed E-state index contributed by atoms with van der Waals surface area (Å²) in [4.78, 5) is 23.3. The lowest BCUT2D eigenvalue weighted by Gasteiger charge is -2.20. The summed E-state index contributed by atoms with van der Waals surface area (Å²) in [5.41, 5.74) is 6.33. The van der Waals surface area contributed by atoms with Gasteiger partial charge < -0.3 is 20.5 Å². The molecule has 1 amide bonds. The van der Waals surface area contributed by atoms with Crippen LogP contribution in [0.25, 0.3) is 10.9 Å². The molecule has 7 heteroatoms. The second-order valence-corrected chi connectivity index (χ2v) is 4.79. The number of nitrogens with two attached hydrogens (primary N) is 1. The third-order valence-corrected chi connectivity index (χ3v) is 3.41. The maximum Gasteiger partial charge on any atom is 0.412 e. The molecule has 0 radical (unpaired) electrons. The minimum absolute atomic E-state index is 0.0208. The molecule has 1 aromatic heterocycles. The number of carboxylic acid groups (broad SMARTS) is 2. The average Bonchev–Trinajstić information content (AvgIpc) is 2.76. The van der Waals surface area contributed by atoms with Crippen LogP contribution in [0.5, 0.6) is 0 Å². The van der Waals surface area contributed by atoms with Gasteiger partial charge in [0.2, 0.25) is 0 Å². The summed E-state index contributed by atoms with van der Waals surface area (Å²) >= 11 is 0. The van der Waals surface area contributed by atoms with E-state index < -0.39 is 18.1 Å². The monoisotopic (exact) mass is 291 g/mol. The fourth-order valence-corrected chi connectivity index (χ4v) is 2.23. The van der Waals surface area contributed by atoms with Crippen molar-refractivity contribution in [2.24, 2.45) is 12.8 Å². The molecule has 1 aromatic carbocycles. The molecule has 1 unspecified atom stereocenters. The van der Waals surface area contributed by atoms with E-state index in [-0.39, 0.29) is 13.0 Å². The summed E-state index contributed by atoms with van der Waals surface area (Å²) in [6.07, 6.45) is -1.10. The predicted molar refractivity (Wildman–Crippen MR) is 78.5 cm³/mol. The van der Waals surface area contributed by atoms with E-state index in [0.717, 1.165) is 15.8 Å². The zero-order valence-electron chi connectivity index (χ0n) is 11.6.